The number of nitrogens with one attached hydrogen (secondary N) is 2. The van der Waals surface area contributed by atoms with Crippen LogP contribution in [0.25, 0.3) is 0 Å². The van der Waals surface area contributed by atoms with Crippen molar-refractivity contribution in [1.29, 1.82) is 0 Å². The normalized spacial score (nSPS) is 9.94. The van der Waals surface area contributed by atoms with Gasteiger partial charge in [0.1, 0.15) is 0 Å². The van der Waals surface area contributed by atoms with E-state index in [4.69, 9.17) is 5.73 Å². The highest BCUT2D eigenvalue weighted by Crippen LogP contribution is 2.19. The second-order valence-corrected chi connectivity index (χ2v) is 3.85. The summed E-state index contributed by atoms with van der Waals surface area (Å²) in [5.74, 6) is 0. The van der Waals surface area contributed by atoms with Crippen molar-refractivity contribution in [2.75, 3.05) is 22.9 Å². The third kappa shape index (κ3) is 3.14. The molecule has 88 valence electrons. The smallest absolute Gasteiger partial charge is 0.0385 e. The first-order chi connectivity index (χ1) is 8.28. The van der Waals surface area contributed by atoms with Crippen molar-refractivity contribution >= 4 is 22.7 Å². The maximum Gasteiger partial charge on any atom is 0.0385 e. The van der Waals surface area contributed by atoms with Gasteiger partial charge in [0.15, 0.2) is 0 Å². The number of nitrogen functional groups attached to an aromatic ring is 1. The Kier molecular flexibility index (Phi) is 3.50. The topological polar surface area (TPSA) is 50.1 Å². The summed E-state index contributed by atoms with van der Waals surface area (Å²) in [4.78, 5) is 0. The molecule has 0 spiro atoms. The molecule has 0 aliphatic rings. The highest BCUT2D eigenvalue weighted by Gasteiger charge is 1.95. The molecule has 0 heterocycles. The van der Waals surface area contributed by atoms with Gasteiger partial charge in [0.2, 0.25) is 0 Å². The average Bonchev–Trinajstić information content (AvgIpc) is 2.35. The molecule has 0 unspecified atom stereocenters. The number of anilines is 4. The van der Waals surface area contributed by atoms with Crippen molar-refractivity contribution in [1.82, 2.24) is 0 Å². The van der Waals surface area contributed by atoms with Crippen LogP contribution in [-0.2, 0) is 0 Å². The van der Waals surface area contributed by atoms with Crippen LogP contribution in [0.5, 0.6) is 0 Å². The van der Waals surface area contributed by atoms with Gasteiger partial charge in [0.05, 0.1) is 0 Å². The van der Waals surface area contributed by atoms with Crippen molar-refractivity contribution in [3.8, 4) is 0 Å². The van der Waals surface area contributed by atoms with E-state index in [1.165, 1.54) is 0 Å². The van der Waals surface area contributed by atoms with E-state index in [9.17, 15) is 0 Å². The van der Waals surface area contributed by atoms with Gasteiger partial charge in [-0.3, -0.25) is 0 Å². The third-order valence-electron chi connectivity index (χ3n) is 2.47. The molecule has 0 atom stereocenters. The Balaban J connectivity index is 2.05. The van der Waals surface area contributed by atoms with Crippen molar-refractivity contribution < 1.29 is 0 Å². The minimum absolute atomic E-state index is 0.776. The fourth-order valence-electron chi connectivity index (χ4n) is 1.61. The molecule has 4 N–H and O–H groups in total. The number of nitrogens with two attached hydrogens (primary N) is 1. The Morgan fingerprint density at radius 2 is 1.29 bits per heavy atom. The molecule has 0 saturated carbocycles. The SMILES string of the molecule is CCNc1ccc(Nc2ccc(N)cc2)cc1. The van der Waals surface area contributed by atoms with E-state index in [-0.39, 0.29) is 0 Å². The summed E-state index contributed by atoms with van der Waals surface area (Å²) in [5, 5.41) is 6.58. The summed E-state index contributed by atoms with van der Waals surface area (Å²) in [7, 11) is 0. The zero-order chi connectivity index (χ0) is 12.1. The lowest BCUT2D eigenvalue weighted by atomic mass is 10.2. The maximum absolute atomic E-state index is 5.64. The molecular formula is C14H17N3. The third-order valence-corrected chi connectivity index (χ3v) is 2.47. The van der Waals surface area contributed by atoms with Crippen molar-refractivity contribution in [3.05, 3.63) is 48.5 Å². The Morgan fingerprint density at radius 3 is 1.82 bits per heavy atom. The lowest BCUT2D eigenvalue weighted by molar-refractivity contribution is 1.21. The van der Waals surface area contributed by atoms with Crippen molar-refractivity contribution in [2.24, 2.45) is 0 Å². The van der Waals surface area contributed by atoms with Crippen LogP contribution in [0.4, 0.5) is 22.7 Å². The Hall–Kier alpha value is -2.16. The maximum atomic E-state index is 5.64. The molecule has 0 aliphatic carbocycles. The van der Waals surface area contributed by atoms with Crippen LogP contribution in [0.1, 0.15) is 6.92 Å². The highest BCUT2D eigenvalue weighted by atomic mass is 14.9. The molecule has 0 aromatic heterocycles. The quantitative estimate of drug-likeness (QED) is 0.701. The second kappa shape index (κ2) is 5.25. The second-order valence-electron chi connectivity index (χ2n) is 3.85. The first-order valence-corrected chi connectivity index (χ1v) is 5.74. The lowest BCUT2D eigenvalue weighted by Gasteiger charge is -2.08. The zero-order valence-corrected chi connectivity index (χ0v) is 9.90. The van der Waals surface area contributed by atoms with Gasteiger partial charge in [-0.15, -0.1) is 0 Å². The van der Waals surface area contributed by atoms with E-state index in [1.807, 2.05) is 36.4 Å². The van der Waals surface area contributed by atoms with Gasteiger partial charge < -0.3 is 16.4 Å². The molecule has 3 nitrogen and oxygen atoms in total. The monoisotopic (exact) mass is 227 g/mol. The molecule has 0 amide bonds. The van der Waals surface area contributed by atoms with E-state index >= 15 is 0 Å². The van der Waals surface area contributed by atoms with Gasteiger partial charge in [-0.1, -0.05) is 0 Å². The van der Waals surface area contributed by atoms with E-state index in [1.54, 1.807) is 0 Å². The molecule has 0 bridgehead atoms. The average molecular weight is 227 g/mol. The highest BCUT2D eigenvalue weighted by molar-refractivity contribution is 5.63. The minimum atomic E-state index is 0.776. The van der Waals surface area contributed by atoms with E-state index in [0.717, 1.165) is 29.3 Å². The Labute approximate surface area is 102 Å². The van der Waals surface area contributed by atoms with Crippen LogP contribution >= 0.6 is 0 Å². The number of hydrogen-bond acceptors (Lipinski definition) is 3. The Bertz CT molecular complexity index is 460. The molecule has 2 rings (SSSR count). The number of benzene rings is 2. The fraction of sp³-hybridized carbons (Fsp3) is 0.143. The summed E-state index contributed by atoms with van der Waals surface area (Å²) in [6.45, 7) is 3.02. The van der Waals surface area contributed by atoms with Crippen LogP contribution in [0, 0.1) is 0 Å². The van der Waals surface area contributed by atoms with Crippen molar-refractivity contribution in [2.45, 2.75) is 6.92 Å². The van der Waals surface area contributed by atoms with Crippen molar-refractivity contribution in [3.63, 3.8) is 0 Å². The molecule has 3 heteroatoms. The minimum Gasteiger partial charge on any atom is -0.399 e. The molecule has 0 saturated heterocycles. The van der Waals surface area contributed by atoms with Gasteiger partial charge in [0, 0.05) is 29.3 Å². The standard InChI is InChI=1S/C14H17N3/c1-2-16-12-7-9-14(10-8-12)17-13-5-3-11(15)4-6-13/h3-10,16-17H,2,15H2,1H3. The largest absolute Gasteiger partial charge is 0.399 e. The van der Waals surface area contributed by atoms with E-state index in [0.29, 0.717) is 0 Å². The van der Waals surface area contributed by atoms with Gasteiger partial charge in [-0.05, 0) is 55.5 Å². The number of rotatable bonds is 4. The molecular weight excluding hydrogens is 210 g/mol. The summed E-state index contributed by atoms with van der Waals surface area (Å²) in [6, 6.07) is 15.9. The first-order valence-electron chi connectivity index (χ1n) is 5.74. The fourth-order valence-corrected chi connectivity index (χ4v) is 1.61. The van der Waals surface area contributed by atoms with E-state index in [2.05, 4.69) is 29.7 Å². The zero-order valence-electron chi connectivity index (χ0n) is 9.90. The van der Waals surface area contributed by atoms with Crippen LogP contribution in [0.3, 0.4) is 0 Å². The summed E-state index contributed by atoms with van der Waals surface area (Å²) >= 11 is 0. The molecule has 2 aromatic carbocycles. The van der Waals surface area contributed by atoms with Crippen LogP contribution in [0.2, 0.25) is 0 Å². The molecule has 0 aliphatic heterocycles. The van der Waals surface area contributed by atoms with Crippen LogP contribution in [-0.4, -0.2) is 6.54 Å². The van der Waals surface area contributed by atoms with E-state index < -0.39 is 0 Å². The lowest BCUT2D eigenvalue weighted by Crippen LogP contribution is -1.96. The van der Waals surface area contributed by atoms with Crippen LogP contribution < -0.4 is 16.4 Å². The number of hydrogen-bond donors (Lipinski definition) is 3. The first kappa shape index (κ1) is 11.3. The Morgan fingerprint density at radius 1 is 0.824 bits per heavy atom. The summed E-state index contributed by atoms with van der Waals surface area (Å²) < 4.78 is 0. The van der Waals surface area contributed by atoms with Gasteiger partial charge in [0.25, 0.3) is 0 Å². The van der Waals surface area contributed by atoms with Gasteiger partial charge in [-0.2, -0.15) is 0 Å². The van der Waals surface area contributed by atoms with Crippen LogP contribution in [0.15, 0.2) is 48.5 Å². The van der Waals surface area contributed by atoms with Gasteiger partial charge >= 0.3 is 0 Å². The molecule has 0 radical (unpaired) electrons. The molecule has 17 heavy (non-hydrogen) atoms. The predicted octanol–water partition coefficient (Wildman–Crippen LogP) is 3.44. The molecule has 2 aromatic rings. The van der Waals surface area contributed by atoms with Gasteiger partial charge in [-0.25, -0.2) is 0 Å². The summed E-state index contributed by atoms with van der Waals surface area (Å²) in [5.41, 5.74) is 9.65. The summed E-state index contributed by atoms with van der Waals surface area (Å²) in [6.07, 6.45) is 0. The molecule has 0 fully saturated rings. The predicted molar refractivity (Wildman–Crippen MR) is 74.7 cm³/mol.